The largest absolute Gasteiger partial charge is 3.00 e. The molecule has 0 spiro atoms. The zero-order valence-corrected chi connectivity index (χ0v) is 34.8. The molecular formula is C42H65DyNO3-. The third kappa shape index (κ3) is 13.6. The molecule has 1 radical (unpaired) electrons. The van der Waals surface area contributed by atoms with E-state index in [1.165, 1.54) is 0 Å². The predicted molar refractivity (Wildman–Crippen MR) is 195 cm³/mol. The Morgan fingerprint density at radius 3 is 0.489 bits per heavy atom. The molecule has 267 valence electrons. The van der Waals surface area contributed by atoms with Gasteiger partial charge in [-0.05, 0) is 32.5 Å². The van der Waals surface area contributed by atoms with Crippen molar-refractivity contribution in [3.63, 3.8) is 0 Å². The fraction of sp³-hybridized carbons (Fsp3) is 0.571. The molecule has 2 N–H and O–H groups in total. The molecule has 0 aliphatic carbocycles. The van der Waals surface area contributed by atoms with E-state index in [1.807, 2.05) is 54.6 Å². The second-order valence-electron chi connectivity index (χ2n) is 18.5. The van der Waals surface area contributed by atoms with Crippen molar-refractivity contribution in [3.05, 3.63) is 94.1 Å². The van der Waals surface area contributed by atoms with Gasteiger partial charge < -0.3 is 21.5 Å². The maximum absolute atomic E-state index is 12.3. The zero-order valence-electron chi connectivity index (χ0n) is 32.8. The summed E-state index contributed by atoms with van der Waals surface area (Å²) in [6.45, 7) is 37.4. The molecule has 3 aromatic carbocycles. The monoisotopic (exact) mass is 795 g/mol. The van der Waals surface area contributed by atoms with Crippen molar-refractivity contribution in [2.75, 3.05) is 0 Å². The van der Waals surface area contributed by atoms with Crippen LogP contribution in [0.2, 0.25) is 0 Å². The van der Waals surface area contributed by atoms with Gasteiger partial charge in [-0.3, -0.25) is 0 Å². The van der Waals surface area contributed by atoms with Gasteiger partial charge in [0.05, 0.1) is 0 Å². The number of benzene rings is 3. The molecule has 0 unspecified atom stereocenters. The summed E-state index contributed by atoms with van der Waals surface area (Å²) in [5.74, 6) is 0.618. The van der Waals surface area contributed by atoms with Crippen LogP contribution in [0, 0.1) is 38.2 Å². The number of para-hydroxylation sites is 3. The first-order valence-corrected chi connectivity index (χ1v) is 16.3. The van der Waals surface area contributed by atoms with E-state index in [2.05, 4.69) is 125 Å². The van der Waals surface area contributed by atoms with Crippen molar-refractivity contribution < 1.29 is 53.5 Å². The topological polar surface area (TPSA) is 103 Å². The van der Waals surface area contributed by atoms with E-state index in [4.69, 9.17) is 0 Å². The summed E-state index contributed by atoms with van der Waals surface area (Å²) in [6.07, 6.45) is 0. The van der Waals surface area contributed by atoms with E-state index in [1.54, 1.807) is 0 Å². The minimum absolute atomic E-state index is 0. The van der Waals surface area contributed by atoms with Crippen molar-refractivity contribution in [1.29, 1.82) is 0 Å². The van der Waals surface area contributed by atoms with Crippen LogP contribution >= 0.6 is 0 Å². The first-order valence-electron chi connectivity index (χ1n) is 16.3. The van der Waals surface area contributed by atoms with Crippen molar-refractivity contribution in [1.82, 2.24) is 0 Å². The Morgan fingerprint density at radius 2 is 0.404 bits per heavy atom. The Hall–Kier alpha value is -1.71. The van der Waals surface area contributed by atoms with Crippen LogP contribution in [0.4, 0.5) is 0 Å². The summed E-state index contributed by atoms with van der Waals surface area (Å²) >= 11 is 0. The Labute approximate surface area is 319 Å². The maximum atomic E-state index is 12.3. The Balaban J connectivity index is 0. The van der Waals surface area contributed by atoms with E-state index in [-0.39, 0.29) is 94.1 Å². The summed E-state index contributed by atoms with van der Waals surface area (Å²) < 4.78 is 0. The van der Waals surface area contributed by atoms with Gasteiger partial charge in [-0.2, -0.15) is 0 Å². The summed E-state index contributed by atoms with van der Waals surface area (Å²) in [5, 5.41) is 36.8. The van der Waals surface area contributed by atoms with Crippen LogP contribution < -0.4 is 15.3 Å². The zero-order chi connectivity index (χ0) is 35.6. The first kappa shape index (κ1) is 47.4. The fourth-order valence-electron chi connectivity index (χ4n) is 5.15. The van der Waals surface area contributed by atoms with Crippen LogP contribution in [0.1, 0.15) is 158 Å². The van der Waals surface area contributed by atoms with Gasteiger partial charge in [0.2, 0.25) is 0 Å². The SMILES string of the molecule is CC(C)(C)c1cccc(C(C)(C)C)c1[O-].CC(C)(C)c1cccc(C(C)(C)C)c1[O-].CC(C)(C)c1cccc(C(C)(C)C)c1[O-].[Dy+3].[NH2-]. The quantitative estimate of drug-likeness (QED) is 0.226. The molecule has 0 heterocycles. The van der Waals surface area contributed by atoms with E-state index in [0.717, 1.165) is 33.4 Å². The first-order chi connectivity index (χ1) is 19.9. The molecule has 0 saturated heterocycles. The molecule has 0 fully saturated rings. The van der Waals surface area contributed by atoms with Crippen molar-refractivity contribution in [2.45, 2.75) is 157 Å². The van der Waals surface area contributed by atoms with Crippen molar-refractivity contribution >= 4 is 0 Å². The maximum Gasteiger partial charge on any atom is 3.00 e. The number of hydrogen-bond acceptors (Lipinski definition) is 3. The minimum atomic E-state index is -0.0711. The Kier molecular flexibility index (Phi) is 16.9. The number of rotatable bonds is 0. The van der Waals surface area contributed by atoms with E-state index < -0.39 is 0 Å². The average Bonchev–Trinajstić information content (AvgIpc) is 2.81. The molecular weight excluding hydrogens is 729 g/mol. The Bertz CT molecular complexity index is 1140. The van der Waals surface area contributed by atoms with Crippen LogP contribution in [0.5, 0.6) is 17.2 Å². The molecule has 0 bridgehead atoms. The van der Waals surface area contributed by atoms with E-state index in [0.29, 0.717) is 0 Å². The molecule has 0 aliphatic rings. The fourth-order valence-corrected chi connectivity index (χ4v) is 5.15. The normalized spacial score (nSPS) is 12.4. The van der Waals surface area contributed by atoms with Crippen LogP contribution in [0.25, 0.3) is 6.15 Å². The third-order valence-corrected chi connectivity index (χ3v) is 7.89. The molecule has 4 nitrogen and oxygen atoms in total. The van der Waals surface area contributed by atoms with E-state index in [9.17, 15) is 15.3 Å². The summed E-state index contributed by atoms with van der Waals surface area (Å²) in [7, 11) is 0. The predicted octanol–water partition coefficient (Wildman–Crippen LogP) is 10.8. The molecule has 47 heavy (non-hydrogen) atoms. The smallest absolute Gasteiger partial charge is 0.872 e. The van der Waals surface area contributed by atoms with Gasteiger partial charge in [0.15, 0.2) is 0 Å². The van der Waals surface area contributed by atoms with Gasteiger partial charge in [0.25, 0.3) is 0 Å². The number of nitrogens with two attached hydrogens (primary N) is 1. The van der Waals surface area contributed by atoms with Crippen molar-refractivity contribution in [3.8, 4) is 17.2 Å². The van der Waals surface area contributed by atoms with Gasteiger partial charge >= 0.3 is 38.2 Å². The summed E-state index contributed by atoms with van der Waals surface area (Å²) in [5.41, 5.74) is 5.05. The number of hydrogen-bond donors (Lipinski definition) is 0. The van der Waals surface area contributed by atoms with E-state index >= 15 is 0 Å². The van der Waals surface area contributed by atoms with Crippen molar-refractivity contribution in [2.24, 2.45) is 0 Å². The summed E-state index contributed by atoms with van der Waals surface area (Å²) in [6, 6.07) is 17.6. The van der Waals surface area contributed by atoms with Crippen LogP contribution in [0.15, 0.2) is 54.6 Å². The second-order valence-corrected chi connectivity index (χ2v) is 18.5. The molecule has 0 saturated carbocycles. The molecule has 0 amide bonds. The van der Waals surface area contributed by atoms with Gasteiger partial charge in [0, 0.05) is 0 Å². The van der Waals surface area contributed by atoms with Crippen LogP contribution in [0.3, 0.4) is 0 Å². The second kappa shape index (κ2) is 16.8. The molecule has 0 atom stereocenters. The van der Waals surface area contributed by atoms with Gasteiger partial charge in [-0.15, -0.1) is 17.2 Å². The third-order valence-electron chi connectivity index (χ3n) is 7.89. The average molecular weight is 794 g/mol. The van der Waals surface area contributed by atoms with Gasteiger partial charge in [-0.25, -0.2) is 0 Å². The minimum Gasteiger partial charge on any atom is -0.872 e. The molecule has 5 heteroatoms. The standard InChI is InChI=1S/3C14H22O.Dy.H2N/c3*1-13(2,3)10-8-7-9-11(12(10)15)14(4,5)6;;/h3*7-9,15H,1-6H3;;1H2/q;;;+3;-1/p-3. The molecule has 0 aromatic heterocycles. The van der Waals surface area contributed by atoms with Crippen LogP contribution in [-0.2, 0) is 32.5 Å². The molecule has 3 rings (SSSR count). The van der Waals surface area contributed by atoms with Gasteiger partial charge in [-0.1, -0.05) is 213 Å². The van der Waals surface area contributed by atoms with Gasteiger partial charge in [0.1, 0.15) is 0 Å². The molecule has 3 aromatic rings. The van der Waals surface area contributed by atoms with Crippen LogP contribution in [-0.4, -0.2) is 0 Å². The molecule has 0 aliphatic heterocycles. The Morgan fingerprint density at radius 1 is 0.298 bits per heavy atom. The summed E-state index contributed by atoms with van der Waals surface area (Å²) in [4.78, 5) is 0.